The van der Waals surface area contributed by atoms with Crippen molar-refractivity contribution in [3.63, 3.8) is 0 Å². The van der Waals surface area contributed by atoms with Gasteiger partial charge in [-0.3, -0.25) is 4.68 Å². The summed E-state index contributed by atoms with van der Waals surface area (Å²) in [5.74, 6) is 2.23. The Bertz CT molecular complexity index is 351. The zero-order valence-electron chi connectivity index (χ0n) is 7.57. The Labute approximate surface area is 79.3 Å². The van der Waals surface area contributed by atoms with Crippen LogP contribution in [0.25, 0.3) is 5.57 Å². The summed E-state index contributed by atoms with van der Waals surface area (Å²) in [5, 5.41) is 7.99. The Morgan fingerprint density at radius 3 is 3.23 bits per heavy atom. The zero-order valence-corrected chi connectivity index (χ0v) is 8.57. The largest absolute Gasteiger partial charge is 0.255 e. The van der Waals surface area contributed by atoms with Crippen LogP contribution in [0.2, 0.25) is 0 Å². The molecular formula is C9H12N3P. The number of nitrogens with zero attached hydrogens (tertiary/aromatic N) is 3. The van der Waals surface area contributed by atoms with E-state index in [1.54, 1.807) is 4.68 Å². The van der Waals surface area contributed by atoms with Crippen molar-refractivity contribution >= 4 is 14.2 Å². The molecule has 0 aromatic carbocycles. The van der Waals surface area contributed by atoms with E-state index in [1.807, 2.05) is 13.2 Å². The molecule has 3 nitrogen and oxygen atoms in total. The van der Waals surface area contributed by atoms with Gasteiger partial charge in [-0.25, -0.2) is 0 Å². The lowest BCUT2D eigenvalue weighted by Gasteiger charge is -1.92. The van der Waals surface area contributed by atoms with Crippen molar-refractivity contribution in [3.8, 4) is 0 Å². The van der Waals surface area contributed by atoms with Gasteiger partial charge >= 0.3 is 0 Å². The summed E-state index contributed by atoms with van der Waals surface area (Å²) in [6.45, 7) is 0. The van der Waals surface area contributed by atoms with Crippen molar-refractivity contribution in [2.24, 2.45) is 7.05 Å². The summed E-state index contributed by atoms with van der Waals surface area (Å²) < 4.78 is 1.73. The van der Waals surface area contributed by atoms with Gasteiger partial charge in [0.05, 0.1) is 6.20 Å². The fourth-order valence-electron chi connectivity index (χ4n) is 1.28. The molecule has 13 heavy (non-hydrogen) atoms. The van der Waals surface area contributed by atoms with Crippen LogP contribution in [0, 0.1) is 0 Å². The third kappa shape index (κ3) is 2.04. The van der Waals surface area contributed by atoms with Crippen LogP contribution in [0.5, 0.6) is 0 Å². The van der Waals surface area contributed by atoms with Gasteiger partial charge in [-0.2, -0.15) is 0 Å². The molecule has 68 valence electrons. The van der Waals surface area contributed by atoms with Crippen molar-refractivity contribution in [1.82, 2.24) is 15.0 Å². The summed E-state index contributed by atoms with van der Waals surface area (Å²) in [4.78, 5) is 0. The molecule has 0 radical (unpaired) electrons. The third-order valence-electron chi connectivity index (χ3n) is 1.93. The number of rotatable bonds is 1. The molecule has 2 heterocycles. The Morgan fingerprint density at radius 2 is 2.46 bits per heavy atom. The molecule has 0 saturated heterocycles. The lowest BCUT2D eigenvalue weighted by atomic mass is 10.2. The average molecular weight is 193 g/mol. The smallest absolute Gasteiger partial charge is 0.112 e. The molecule has 0 amide bonds. The standard InChI is InChI=1S/C9H12N3P/c1-12-7-9(10-11-12)8-3-2-5-13-6-4-8/h3-4,6-7,13H,2,5H2,1H3. The van der Waals surface area contributed by atoms with E-state index in [4.69, 9.17) is 0 Å². The van der Waals surface area contributed by atoms with Crippen LogP contribution in [-0.2, 0) is 7.05 Å². The van der Waals surface area contributed by atoms with Gasteiger partial charge < -0.3 is 0 Å². The van der Waals surface area contributed by atoms with Gasteiger partial charge in [-0.1, -0.05) is 31.8 Å². The van der Waals surface area contributed by atoms with Gasteiger partial charge in [0, 0.05) is 7.05 Å². The van der Waals surface area contributed by atoms with Crippen molar-refractivity contribution in [1.29, 1.82) is 0 Å². The molecule has 1 atom stereocenters. The molecule has 0 N–H and O–H groups in total. The van der Waals surface area contributed by atoms with Gasteiger partial charge in [0.25, 0.3) is 0 Å². The van der Waals surface area contributed by atoms with Gasteiger partial charge in [0.1, 0.15) is 5.69 Å². The molecule has 0 spiro atoms. The van der Waals surface area contributed by atoms with Gasteiger partial charge in [-0.05, 0) is 18.2 Å². The van der Waals surface area contributed by atoms with E-state index in [0.29, 0.717) is 0 Å². The first-order chi connectivity index (χ1) is 6.36. The number of hydrogen-bond donors (Lipinski definition) is 0. The van der Waals surface area contributed by atoms with E-state index >= 15 is 0 Å². The molecule has 1 aromatic rings. The quantitative estimate of drug-likeness (QED) is 0.636. The van der Waals surface area contributed by atoms with Crippen molar-refractivity contribution < 1.29 is 0 Å². The van der Waals surface area contributed by atoms with E-state index in [1.165, 1.54) is 11.7 Å². The maximum atomic E-state index is 4.08. The Kier molecular flexibility index (Phi) is 2.55. The predicted molar refractivity (Wildman–Crippen MR) is 55.9 cm³/mol. The van der Waals surface area contributed by atoms with E-state index in [0.717, 1.165) is 20.7 Å². The third-order valence-corrected chi connectivity index (χ3v) is 2.91. The highest BCUT2D eigenvalue weighted by Gasteiger charge is 2.03. The van der Waals surface area contributed by atoms with Crippen LogP contribution >= 0.6 is 8.58 Å². The molecule has 1 aliphatic heterocycles. The maximum Gasteiger partial charge on any atom is 0.112 e. The van der Waals surface area contributed by atoms with E-state index in [-0.39, 0.29) is 0 Å². The summed E-state index contributed by atoms with van der Waals surface area (Å²) in [6, 6.07) is 0. The molecule has 1 aromatic heterocycles. The second-order valence-electron chi connectivity index (χ2n) is 3.01. The molecule has 2 rings (SSSR count). The second-order valence-corrected chi connectivity index (χ2v) is 4.25. The topological polar surface area (TPSA) is 30.7 Å². The number of allylic oxidation sites excluding steroid dienone is 3. The average Bonchev–Trinajstić information content (AvgIpc) is 2.43. The summed E-state index contributed by atoms with van der Waals surface area (Å²) >= 11 is 0. The highest BCUT2D eigenvalue weighted by Crippen LogP contribution is 2.23. The molecule has 4 heteroatoms. The van der Waals surface area contributed by atoms with E-state index in [9.17, 15) is 0 Å². The minimum absolute atomic E-state index is 0.945. The van der Waals surface area contributed by atoms with Crippen molar-refractivity contribution in [2.75, 3.05) is 6.16 Å². The predicted octanol–water partition coefficient (Wildman–Crippen LogP) is 1.79. The van der Waals surface area contributed by atoms with Gasteiger partial charge in [-0.15, -0.1) is 5.10 Å². The minimum Gasteiger partial charge on any atom is -0.255 e. The molecule has 1 unspecified atom stereocenters. The molecule has 0 aliphatic carbocycles. The van der Waals surface area contributed by atoms with Gasteiger partial charge in [0.2, 0.25) is 0 Å². The molecule has 0 bridgehead atoms. The Balaban J connectivity index is 2.28. The fraction of sp³-hybridized carbons (Fsp3) is 0.333. The molecule has 0 saturated carbocycles. The van der Waals surface area contributed by atoms with Crippen molar-refractivity contribution in [2.45, 2.75) is 6.42 Å². The molecule has 0 fully saturated rings. The number of hydrogen-bond acceptors (Lipinski definition) is 2. The first-order valence-corrected chi connectivity index (χ1v) is 5.61. The van der Waals surface area contributed by atoms with Crippen LogP contribution in [0.4, 0.5) is 0 Å². The summed E-state index contributed by atoms with van der Waals surface area (Å²) in [7, 11) is 2.83. The second kappa shape index (κ2) is 3.84. The molecule has 1 aliphatic rings. The maximum absolute atomic E-state index is 4.08. The van der Waals surface area contributed by atoms with Gasteiger partial charge in [0.15, 0.2) is 0 Å². The van der Waals surface area contributed by atoms with Crippen LogP contribution in [-0.4, -0.2) is 21.2 Å². The number of aryl methyl sites for hydroxylation is 1. The minimum atomic E-state index is 0.945. The van der Waals surface area contributed by atoms with Crippen LogP contribution < -0.4 is 0 Å². The summed E-state index contributed by atoms with van der Waals surface area (Å²) in [6.07, 6.45) is 8.75. The normalized spacial score (nSPS) is 18.7. The lowest BCUT2D eigenvalue weighted by Crippen LogP contribution is -1.85. The van der Waals surface area contributed by atoms with Crippen LogP contribution in [0.3, 0.4) is 0 Å². The highest BCUT2D eigenvalue weighted by molar-refractivity contribution is 7.41. The SMILES string of the molecule is Cn1cc(C2=CCCPC=C2)nn1. The van der Waals surface area contributed by atoms with E-state index < -0.39 is 0 Å². The summed E-state index contributed by atoms with van der Waals surface area (Å²) in [5.41, 5.74) is 2.18. The first-order valence-electron chi connectivity index (χ1n) is 4.33. The lowest BCUT2D eigenvalue weighted by molar-refractivity contribution is 0.714. The van der Waals surface area contributed by atoms with Crippen LogP contribution in [0.1, 0.15) is 12.1 Å². The molecular weight excluding hydrogens is 181 g/mol. The van der Waals surface area contributed by atoms with Crippen molar-refractivity contribution in [3.05, 3.63) is 29.9 Å². The van der Waals surface area contributed by atoms with Crippen LogP contribution in [0.15, 0.2) is 24.2 Å². The zero-order chi connectivity index (χ0) is 9.10. The first kappa shape index (κ1) is 8.64. The number of aromatic nitrogens is 3. The Morgan fingerprint density at radius 1 is 1.54 bits per heavy atom. The fourth-order valence-corrected chi connectivity index (χ4v) is 2.06. The monoisotopic (exact) mass is 193 g/mol. The van der Waals surface area contributed by atoms with E-state index in [2.05, 4.69) is 28.3 Å². The Hall–Kier alpha value is -0.950. The highest BCUT2D eigenvalue weighted by atomic mass is 31.1.